The van der Waals surface area contributed by atoms with E-state index >= 15 is 0 Å². The molecular formula is C10H12BrNO3. The second kappa shape index (κ2) is 4.61. The largest absolute Gasteiger partial charge is 0.480 e. The van der Waals surface area contributed by atoms with Crippen LogP contribution in [0.2, 0.25) is 0 Å². The minimum Gasteiger partial charge on any atom is -0.480 e. The molecule has 5 heteroatoms. The zero-order valence-corrected chi connectivity index (χ0v) is 10.1. The van der Waals surface area contributed by atoms with Crippen LogP contribution in [0.15, 0.2) is 27.6 Å². The van der Waals surface area contributed by atoms with Gasteiger partial charge in [-0.2, -0.15) is 0 Å². The van der Waals surface area contributed by atoms with E-state index in [1.165, 1.54) is 16.8 Å². The van der Waals surface area contributed by atoms with Crippen molar-refractivity contribution in [2.24, 2.45) is 5.92 Å². The van der Waals surface area contributed by atoms with E-state index in [0.29, 0.717) is 4.47 Å². The van der Waals surface area contributed by atoms with E-state index in [9.17, 15) is 9.59 Å². The molecule has 1 atom stereocenters. The average Bonchev–Trinajstić information content (AvgIpc) is 2.10. The van der Waals surface area contributed by atoms with Crippen molar-refractivity contribution in [3.63, 3.8) is 0 Å². The van der Waals surface area contributed by atoms with Gasteiger partial charge in [0, 0.05) is 16.7 Å². The van der Waals surface area contributed by atoms with Gasteiger partial charge in [-0.3, -0.25) is 9.36 Å². The fourth-order valence-corrected chi connectivity index (χ4v) is 1.77. The molecular weight excluding hydrogens is 262 g/mol. The van der Waals surface area contributed by atoms with Crippen LogP contribution in [0.4, 0.5) is 0 Å². The third-order valence-electron chi connectivity index (χ3n) is 2.09. The number of carbonyl (C=O) groups is 1. The van der Waals surface area contributed by atoms with Gasteiger partial charge >= 0.3 is 5.97 Å². The van der Waals surface area contributed by atoms with E-state index in [-0.39, 0.29) is 11.5 Å². The molecule has 1 heterocycles. The highest BCUT2D eigenvalue weighted by atomic mass is 79.9. The van der Waals surface area contributed by atoms with E-state index < -0.39 is 12.0 Å². The topological polar surface area (TPSA) is 59.3 Å². The van der Waals surface area contributed by atoms with Crippen LogP contribution in [0, 0.1) is 5.92 Å². The molecule has 1 N–H and O–H groups in total. The lowest BCUT2D eigenvalue weighted by molar-refractivity contribution is -0.142. The Labute approximate surface area is 95.7 Å². The smallest absolute Gasteiger partial charge is 0.327 e. The molecule has 0 radical (unpaired) electrons. The summed E-state index contributed by atoms with van der Waals surface area (Å²) in [5, 5.41) is 9.04. The number of nitrogens with zero attached hydrogens (tertiary/aromatic N) is 1. The Morgan fingerprint density at radius 2 is 2.07 bits per heavy atom. The van der Waals surface area contributed by atoms with Crippen LogP contribution in [-0.4, -0.2) is 15.6 Å². The number of hydrogen-bond donors (Lipinski definition) is 1. The maximum Gasteiger partial charge on any atom is 0.327 e. The molecule has 0 aliphatic carbocycles. The number of aromatic nitrogens is 1. The molecule has 0 aliphatic heterocycles. The second-order valence-corrected chi connectivity index (χ2v) is 4.54. The van der Waals surface area contributed by atoms with Crippen molar-refractivity contribution >= 4 is 21.9 Å². The van der Waals surface area contributed by atoms with Gasteiger partial charge in [-0.15, -0.1) is 0 Å². The first-order valence-corrected chi connectivity index (χ1v) is 5.33. The van der Waals surface area contributed by atoms with Gasteiger partial charge in [0.05, 0.1) is 0 Å². The van der Waals surface area contributed by atoms with Crippen molar-refractivity contribution in [1.29, 1.82) is 0 Å². The Balaban J connectivity index is 3.28. The quantitative estimate of drug-likeness (QED) is 0.915. The minimum absolute atomic E-state index is 0.144. The normalized spacial score (nSPS) is 12.8. The molecule has 0 spiro atoms. The molecule has 0 aromatic carbocycles. The molecule has 1 unspecified atom stereocenters. The highest BCUT2D eigenvalue weighted by Crippen LogP contribution is 2.17. The van der Waals surface area contributed by atoms with Crippen molar-refractivity contribution in [3.8, 4) is 0 Å². The predicted molar refractivity (Wildman–Crippen MR) is 59.9 cm³/mol. The molecule has 0 saturated carbocycles. The molecule has 82 valence electrons. The summed E-state index contributed by atoms with van der Waals surface area (Å²) in [6.45, 7) is 3.54. The first-order valence-electron chi connectivity index (χ1n) is 4.54. The first-order chi connectivity index (χ1) is 6.93. The number of halogens is 1. The van der Waals surface area contributed by atoms with Crippen LogP contribution in [0.5, 0.6) is 0 Å². The monoisotopic (exact) mass is 273 g/mol. The number of aliphatic carboxylic acids is 1. The molecule has 1 aromatic rings. The van der Waals surface area contributed by atoms with E-state index in [1.807, 2.05) is 0 Å². The SMILES string of the molecule is CC(C)C(C(=O)O)n1cc(Br)ccc1=O. The van der Waals surface area contributed by atoms with Crippen molar-refractivity contribution < 1.29 is 9.90 Å². The summed E-state index contributed by atoms with van der Waals surface area (Å²) in [4.78, 5) is 22.5. The standard InChI is InChI=1S/C10H12BrNO3/c1-6(2)9(10(14)15)12-5-7(11)3-4-8(12)13/h3-6,9H,1-2H3,(H,14,15). The minimum atomic E-state index is -0.995. The molecule has 0 fully saturated rings. The molecule has 1 rings (SSSR count). The summed E-state index contributed by atoms with van der Waals surface area (Å²) in [5.74, 6) is -1.14. The van der Waals surface area contributed by atoms with Crippen molar-refractivity contribution in [2.75, 3.05) is 0 Å². The van der Waals surface area contributed by atoms with Gasteiger partial charge in [-0.05, 0) is 27.9 Å². The van der Waals surface area contributed by atoms with Gasteiger partial charge in [0.15, 0.2) is 0 Å². The van der Waals surface area contributed by atoms with E-state index in [4.69, 9.17) is 5.11 Å². The fourth-order valence-electron chi connectivity index (χ4n) is 1.42. The van der Waals surface area contributed by atoms with E-state index in [2.05, 4.69) is 15.9 Å². The third-order valence-corrected chi connectivity index (χ3v) is 2.56. The maximum atomic E-state index is 11.5. The Kier molecular flexibility index (Phi) is 3.68. The van der Waals surface area contributed by atoms with E-state index in [0.717, 1.165) is 0 Å². The highest BCUT2D eigenvalue weighted by Gasteiger charge is 2.24. The van der Waals surface area contributed by atoms with Crippen molar-refractivity contribution in [1.82, 2.24) is 4.57 Å². The van der Waals surface area contributed by atoms with Crippen molar-refractivity contribution in [3.05, 3.63) is 33.2 Å². The number of carboxylic acids is 1. The molecule has 1 aromatic heterocycles. The Bertz CT molecular complexity index is 425. The van der Waals surface area contributed by atoms with Crippen LogP contribution in [0.25, 0.3) is 0 Å². The molecule has 15 heavy (non-hydrogen) atoms. The summed E-state index contributed by atoms with van der Waals surface area (Å²) in [7, 11) is 0. The Morgan fingerprint density at radius 1 is 1.47 bits per heavy atom. The summed E-state index contributed by atoms with van der Waals surface area (Å²) < 4.78 is 1.92. The fraction of sp³-hybridized carbons (Fsp3) is 0.400. The Morgan fingerprint density at radius 3 is 2.53 bits per heavy atom. The third kappa shape index (κ3) is 2.68. The van der Waals surface area contributed by atoms with Crippen LogP contribution in [0.3, 0.4) is 0 Å². The van der Waals surface area contributed by atoms with Gasteiger partial charge < -0.3 is 5.11 Å². The van der Waals surface area contributed by atoms with Crippen LogP contribution in [0.1, 0.15) is 19.9 Å². The molecule has 0 saturated heterocycles. The zero-order chi connectivity index (χ0) is 11.6. The summed E-state index contributed by atoms with van der Waals surface area (Å²) in [5.41, 5.74) is -0.306. The van der Waals surface area contributed by atoms with Crippen LogP contribution in [-0.2, 0) is 4.79 Å². The molecule has 0 aliphatic rings. The van der Waals surface area contributed by atoms with Gasteiger partial charge in [-0.25, -0.2) is 4.79 Å². The number of pyridine rings is 1. The lowest BCUT2D eigenvalue weighted by Gasteiger charge is -2.19. The Hall–Kier alpha value is -1.10. The van der Waals surface area contributed by atoms with Crippen molar-refractivity contribution in [2.45, 2.75) is 19.9 Å². The van der Waals surface area contributed by atoms with Gasteiger partial charge in [-0.1, -0.05) is 13.8 Å². The zero-order valence-electron chi connectivity index (χ0n) is 8.48. The number of hydrogen-bond acceptors (Lipinski definition) is 2. The van der Waals surface area contributed by atoms with Gasteiger partial charge in [0.25, 0.3) is 5.56 Å². The molecule has 0 bridgehead atoms. The average molecular weight is 274 g/mol. The number of rotatable bonds is 3. The summed E-state index contributed by atoms with van der Waals surface area (Å²) in [6.07, 6.45) is 1.50. The van der Waals surface area contributed by atoms with Crippen LogP contribution < -0.4 is 5.56 Å². The second-order valence-electron chi connectivity index (χ2n) is 3.62. The lowest BCUT2D eigenvalue weighted by atomic mass is 10.0. The maximum absolute atomic E-state index is 11.5. The van der Waals surface area contributed by atoms with Crippen LogP contribution >= 0.6 is 15.9 Å². The number of carboxylic acid groups (broad SMARTS) is 1. The molecule has 0 amide bonds. The predicted octanol–water partition coefficient (Wildman–Crippen LogP) is 1.89. The molecule has 4 nitrogen and oxygen atoms in total. The van der Waals surface area contributed by atoms with Gasteiger partial charge in [0.2, 0.25) is 0 Å². The first kappa shape index (κ1) is 12.0. The van der Waals surface area contributed by atoms with Gasteiger partial charge in [0.1, 0.15) is 6.04 Å². The highest BCUT2D eigenvalue weighted by molar-refractivity contribution is 9.10. The van der Waals surface area contributed by atoms with E-state index in [1.54, 1.807) is 19.9 Å². The summed E-state index contributed by atoms with van der Waals surface area (Å²) in [6, 6.07) is 2.12. The summed E-state index contributed by atoms with van der Waals surface area (Å²) >= 11 is 3.21. The lowest BCUT2D eigenvalue weighted by Crippen LogP contribution is -2.32.